The van der Waals surface area contributed by atoms with E-state index >= 15 is 0 Å². The maximum atomic E-state index is 14.7. The molecule has 0 aliphatic carbocycles. The molecule has 0 spiro atoms. The van der Waals surface area contributed by atoms with Crippen molar-refractivity contribution >= 4 is 82.1 Å². The van der Waals surface area contributed by atoms with Crippen LogP contribution in [0.4, 0.5) is 9.59 Å². The minimum absolute atomic E-state index is 0.0131. The molecular formula is C101H169N13O19S2. The highest BCUT2D eigenvalue weighted by atomic mass is 32.1. The summed E-state index contributed by atoms with van der Waals surface area (Å²) >= 11 is 3.01. The number of aromatic nitrogens is 2. The molecule has 8 amide bonds. The second kappa shape index (κ2) is 60.0. The molecule has 4 heterocycles. The van der Waals surface area contributed by atoms with Gasteiger partial charge in [-0.2, -0.15) is 0 Å². The number of nitrogens with zero attached hydrogens (tertiary/aromatic N) is 8. The molecule has 0 radical (unpaired) electrons. The highest BCUT2D eigenvalue weighted by Gasteiger charge is 2.47. The lowest BCUT2D eigenvalue weighted by molar-refractivity contribution is -0.149. The lowest BCUT2D eigenvalue weighted by Crippen LogP contribution is -2.56. The van der Waals surface area contributed by atoms with Gasteiger partial charge in [-0.3, -0.25) is 48.2 Å². The molecule has 2 fully saturated rings. The number of ketones is 1. The minimum atomic E-state index is -0.830. The third-order valence-corrected chi connectivity index (χ3v) is 27.3. The fourth-order valence-electron chi connectivity index (χ4n) is 17.9. The molecule has 0 bridgehead atoms. The van der Waals surface area contributed by atoms with Crippen molar-refractivity contribution in [1.82, 2.24) is 60.6 Å². The fraction of sp³-hybridized carbons (Fsp3) is 0.723. The number of Topliss-reactive ketones (excluding diaryl/α,β-unsaturated/α-hetero) is 1. The first kappa shape index (κ1) is 119. The maximum Gasteiger partial charge on any atom is 0.407 e. The number of carbonyl (C=O) groups is 10. The van der Waals surface area contributed by atoms with E-state index in [9.17, 15) is 47.9 Å². The van der Waals surface area contributed by atoms with Crippen LogP contribution in [0.15, 0.2) is 83.8 Å². The predicted molar refractivity (Wildman–Crippen MR) is 530 cm³/mol. The van der Waals surface area contributed by atoms with Gasteiger partial charge in [-0.25, -0.2) is 19.6 Å². The molecule has 6 rings (SSSR count). The summed E-state index contributed by atoms with van der Waals surface area (Å²) in [6.45, 7) is 42.5. The Morgan fingerprint density at radius 1 is 0.511 bits per heavy atom. The Morgan fingerprint density at radius 2 is 0.889 bits per heavy atom. The number of benzene rings is 2. The van der Waals surface area contributed by atoms with Gasteiger partial charge < -0.3 is 89.6 Å². The number of hydrogen-bond acceptors (Lipinski definition) is 25. The summed E-state index contributed by atoms with van der Waals surface area (Å²) in [5.74, 6) is -3.45. The van der Waals surface area contributed by atoms with Crippen molar-refractivity contribution < 1.29 is 90.9 Å². The number of likely N-dealkylation sites (N-methyl/N-ethyl adjacent to an activating group) is 4. The molecule has 2 aliphatic heterocycles. The van der Waals surface area contributed by atoms with Gasteiger partial charge in [-0.05, 0) is 141 Å². The first-order chi connectivity index (χ1) is 63.6. The number of methoxy groups -OCH3 is 4. The molecule has 2 saturated heterocycles. The fourth-order valence-corrected chi connectivity index (χ4v) is 19.3. The Kier molecular flexibility index (Phi) is 52.9. The van der Waals surface area contributed by atoms with Gasteiger partial charge in [0.15, 0.2) is 5.78 Å². The maximum absolute atomic E-state index is 14.7. The molecule has 34 heteroatoms. The molecule has 764 valence electrons. The molecule has 18 atom stereocenters. The van der Waals surface area contributed by atoms with Crippen LogP contribution in [0, 0.1) is 53.3 Å². The standard InChI is InChI=1S/C51H84N6O9S.C35H55N5O5S.C15H30N2O5/c1-15-35(6)45(56(12)49(61)38(33(2)3)31-41(58)44(34(4)5)55(11)26-28-65-27-23-53-50(62)66-51(8,9)10)42(63-13)32-43(59)57-25-19-22-40(57)46(64-14)36(7)47(60)54-39(48-52-24-29-67-48)30-37-20-17-16-18-21-37;1-9-23(4)31(39(6)35(43)30(36)22(2)3)28(44-7)21-29(41)40-18-13-16-27(40)32(45-8)24(5)33(42)38-26(34-37-17-19-46-34)20-25-14-11-10-12-15-25;1-11(2)12(13(18)19)17(6)8-10-21-9-7-16-14(20)22-15(3,4)5/h16-18,20-21,24,29,33-36,38-40,42,44-46H,15,19,22-23,25-28,30-32H2,1-14H3,(H,53,62)(H,54,60);10-12,14-15,17,19,22-24,26-28,30-32H,9,13,16,18,20-21,36H2,1-8H3,(H,38,42);11-12H,7-10H2,1-6H3,(H,16,20)(H,18,19)/t35-,36+,38-,39-,40-,42+,44-,45-,46+;23-,24+,26-,27-,28+,30-,31-,32+;12-/m000/s1. The molecule has 0 saturated carbocycles. The molecule has 2 aliphatic rings. The van der Waals surface area contributed by atoms with Gasteiger partial charge in [-0.15, -0.1) is 22.7 Å². The number of carboxylic acid groups (broad SMARTS) is 1. The van der Waals surface area contributed by atoms with Gasteiger partial charge in [-0.1, -0.05) is 170 Å². The van der Waals surface area contributed by atoms with Crippen LogP contribution in [0.2, 0.25) is 0 Å². The topological polar surface area (TPSA) is 384 Å². The average molecular weight is 1930 g/mol. The van der Waals surface area contributed by atoms with Crippen molar-refractivity contribution in [1.29, 1.82) is 0 Å². The predicted octanol–water partition coefficient (Wildman–Crippen LogP) is 13.2. The van der Waals surface area contributed by atoms with E-state index in [2.05, 4.69) is 58.9 Å². The van der Waals surface area contributed by atoms with Crippen molar-refractivity contribution in [2.45, 2.75) is 299 Å². The first-order valence-corrected chi connectivity index (χ1v) is 50.1. The summed E-state index contributed by atoms with van der Waals surface area (Å²) in [7, 11) is 13.6. The second-order valence-electron chi connectivity index (χ2n) is 39.5. The Bertz CT molecular complexity index is 4120. The first-order valence-electron chi connectivity index (χ1n) is 48.4. The normalized spacial score (nSPS) is 17.7. The monoisotopic (exact) mass is 1930 g/mol. The van der Waals surface area contributed by atoms with Crippen LogP contribution in [0.25, 0.3) is 0 Å². The van der Waals surface area contributed by atoms with Crippen LogP contribution in [0.5, 0.6) is 0 Å². The summed E-state index contributed by atoms with van der Waals surface area (Å²) in [6, 6.07) is 16.5. The molecule has 135 heavy (non-hydrogen) atoms. The van der Waals surface area contributed by atoms with Crippen LogP contribution >= 0.6 is 22.7 Å². The second-order valence-corrected chi connectivity index (χ2v) is 41.3. The molecule has 2 aromatic heterocycles. The van der Waals surface area contributed by atoms with E-state index in [4.69, 9.17) is 48.7 Å². The minimum Gasteiger partial charge on any atom is -0.480 e. The van der Waals surface area contributed by atoms with Crippen LogP contribution in [-0.4, -0.2) is 304 Å². The number of aliphatic carboxylic acids is 1. The lowest BCUT2D eigenvalue weighted by Gasteiger charge is -2.41. The van der Waals surface area contributed by atoms with Gasteiger partial charge in [0.05, 0.1) is 124 Å². The number of nitrogens with two attached hydrogens (primary N) is 1. The average Bonchev–Trinajstić information content (AvgIpc) is 1.06. The highest BCUT2D eigenvalue weighted by molar-refractivity contribution is 7.09. The van der Waals surface area contributed by atoms with Crippen molar-refractivity contribution in [3.8, 4) is 0 Å². The lowest BCUT2D eigenvalue weighted by atomic mass is 9.83. The third kappa shape index (κ3) is 39.2. The van der Waals surface area contributed by atoms with Crippen LogP contribution in [0.1, 0.15) is 229 Å². The van der Waals surface area contributed by atoms with Crippen molar-refractivity contribution in [2.75, 3.05) is 122 Å². The van der Waals surface area contributed by atoms with Crippen LogP contribution in [0.3, 0.4) is 0 Å². The van der Waals surface area contributed by atoms with E-state index < -0.39 is 95.7 Å². The summed E-state index contributed by atoms with van der Waals surface area (Å²) in [5.41, 5.74) is 7.33. The molecule has 2 aromatic carbocycles. The van der Waals surface area contributed by atoms with E-state index in [1.807, 2.05) is 162 Å². The molecule has 0 unspecified atom stereocenters. The number of hydrogen-bond donors (Lipinski definition) is 6. The SMILES string of the molecule is CC(C)[C@@H](C(=O)O)N(C)CCOCCNC(=O)OC(C)(C)C.CC[C@H](C)[C@@H]([C@@H](CC(=O)N1CCC[C@H]1[C@H](OC)[C@@H](C)C(=O)N[C@@H](Cc1ccccc1)c1nccs1)OC)N(C)C(=O)[C@@H](CC(=O)[C@H](C(C)C)N(C)CCOCCNC(=O)OC(C)(C)C)C(C)C.CC[C@H](C)[C@@H]([C@@H](CC(=O)N1CCC[C@H]1[C@H](OC)[C@@H](C)C(=O)N[C@@H](Cc1ccccc1)c1nccs1)OC)N(C)C(=O)[C@@H](N)C(C)C. The number of alkyl carbamates (subject to hydrolysis) is 2. The number of likely N-dealkylation sites (tertiary alicyclic amines) is 2. The van der Waals surface area contributed by atoms with E-state index in [1.54, 1.807) is 118 Å². The summed E-state index contributed by atoms with van der Waals surface area (Å²) < 4.78 is 45.6. The number of rotatable bonds is 54. The van der Waals surface area contributed by atoms with Gasteiger partial charge in [0.1, 0.15) is 27.3 Å². The van der Waals surface area contributed by atoms with Crippen molar-refractivity contribution in [3.63, 3.8) is 0 Å². The summed E-state index contributed by atoms with van der Waals surface area (Å²) in [5, 5.41) is 26.4. The largest absolute Gasteiger partial charge is 0.480 e. The number of ether oxygens (including phenoxy) is 8. The highest BCUT2D eigenvalue weighted by Crippen LogP contribution is 2.35. The quantitative estimate of drug-likeness (QED) is 0.0224. The number of carbonyl (C=O) groups excluding carboxylic acids is 9. The number of carboxylic acids is 1. The zero-order valence-electron chi connectivity index (χ0n) is 86.4. The number of thiazole rings is 2. The molecule has 4 aromatic rings. The van der Waals surface area contributed by atoms with E-state index in [0.717, 1.165) is 53.2 Å². The summed E-state index contributed by atoms with van der Waals surface area (Å²) in [6.07, 6.45) is 6.26. The molecular weight excluding hydrogens is 1760 g/mol. The number of amides is 8. The third-order valence-electron chi connectivity index (χ3n) is 25.6. The zero-order valence-corrected chi connectivity index (χ0v) is 88.0. The zero-order chi connectivity index (χ0) is 101. The molecule has 7 N–H and O–H groups in total. The van der Waals surface area contributed by atoms with Crippen molar-refractivity contribution in [3.05, 3.63) is 105 Å². The smallest absolute Gasteiger partial charge is 0.407 e. The Balaban J connectivity index is 0.000000480. The van der Waals surface area contributed by atoms with E-state index in [0.29, 0.717) is 85.0 Å². The molecule has 32 nitrogen and oxygen atoms in total. The van der Waals surface area contributed by atoms with Gasteiger partial charge >= 0.3 is 18.2 Å². The Hall–Kier alpha value is -8.16. The van der Waals surface area contributed by atoms with Crippen molar-refractivity contribution in [2.24, 2.45) is 59.0 Å². The Morgan fingerprint density at radius 3 is 1.21 bits per heavy atom. The summed E-state index contributed by atoms with van der Waals surface area (Å²) in [4.78, 5) is 153. The van der Waals surface area contributed by atoms with Gasteiger partial charge in [0.2, 0.25) is 35.4 Å². The van der Waals surface area contributed by atoms with E-state index in [-0.39, 0.29) is 126 Å². The number of nitrogens with one attached hydrogen (secondary N) is 4. The van der Waals surface area contributed by atoms with Crippen LogP contribution in [-0.2, 0) is 89.1 Å². The van der Waals surface area contributed by atoms with Crippen LogP contribution < -0.4 is 27.0 Å². The Labute approximate surface area is 814 Å². The van der Waals surface area contributed by atoms with E-state index in [1.165, 1.54) is 22.7 Å². The van der Waals surface area contributed by atoms with Gasteiger partial charge in [0, 0.05) is 117 Å². The van der Waals surface area contributed by atoms with Gasteiger partial charge in [0.25, 0.3) is 0 Å².